The Labute approximate surface area is 205 Å². The van der Waals surface area contributed by atoms with E-state index in [2.05, 4.69) is 35.2 Å². The standard InChI is InChI=1S/C27H30N6O2/c1-16(2)33-18(4)30-31-27(33)22-8-6-7-20(29-22)12-25(34)21-13-24(17(3)11-26(21)35-5)32-14-23(28-15-32)19-9-10-19/h6-8,11,13-16,19H,9-10,12H2,1-5H3. The van der Waals surface area contributed by atoms with Gasteiger partial charge in [0.1, 0.15) is 17.3 Å². The fraction of sp³-hybridized carbons (Fsp3) is 0.370. The molecule has 0 bridgehead atoms. The summed E-state index contributed by atoms with van der Waals surface area (Å²) in [6.07, 6.45) is 6.44. The Morgan fingerprint density at radius 1 is 1.17 bits per heavy atom. The van der Waals surface area contributed by atoms with Gasteiger partial charge in [0.15, 0.2) is 11.6 Å². The number of pyridine rings is 1. The number of aromatic nitrogens is 6. The van der Waals surface area contributed by atoms with E-state index in [0.29, 0.717) is 34.4 Å². The van der Waals surface area contributed by atoms with Crippen LogP contribution in [0, 0.1) is 13.8 Å². The van der Waals surface area contributed by atoms with Crippen molar-refractivity contribution in [1.29, 1.82) is 0 Å². The average molecular weight is 471 g/mol. The molecule has 8 nitrogen and oxygen atoms in total. The lowest BCUT2D eigenvalue weighted by molar-refractivity contribution is 0.0989. The molecule has 1 aliphatic rings. The number of ketones is 1. The van der Waals surface area contributed by atoms with Crippen molar-refractivity contribution >= 4 is 5.78 Å². The third-order valence-electron chi connectivity index (χ3n) is 6.46. The quantitative estimate of drug-likeness (QED) is 0.336. The number of rotatable bonds is 8. The monoisotopic (exact) mass is 470 g/mol. The molecule has 0 saturated heterocycles. The van der Waals surface area contributed by atoms with Crippen molar-refractivity contribution in [3.63, 3.8) is 0 Å². The zero-order valence-corrected chi connectivity index (χ0v) is 20.8. The second-order valence-electron chi connectivity index (χ2n) is 9.47. The van der Waals surface area contributed by atoms with E-state index in [-0.39, 0.29) is 18.2 Å². The zero-order chi connectivity index (χ0) is 24.7. The van der Waals surface area contributed by atoms with Gasteiger partial charge in [-0.3, -0.25) is 4.79 Å². The van der Waals surface area contributed by atoms with Crippen LogP contribution in [0.1, 0.15) is 71.8 Å². The minimum absolute atomic E-state index is 0.0585. The number of imidazole rings is 1. The van der Waals surface area contributed by atoms with Gasteiger partial charge in [-0.25, -0.2) is 9.97 Å². The van der Waals surface area contributed by atoms with Gasteiger partial charge in [0.05, 0.1) is 36.8 Å². The maximum atomic E-state index is 13.5. The maximum absolute atomic E-state index is 13.5. The minimum Gasteiger partial charge on any atom is -0.496 e. The highest BCUT2D eigenvalue weighted by atomic mass is 16.5. The summed E-state index contributed by atoms with van der Waals surface area (Å²) >= 11 is 0. The summed E-state index contributed by atoms with van der Waals surface area (Å²) in [7, 11) is 1.59. The molecule has 8 heteroatoms. The summed E-state index contributed by atoms with van der Waals surface area (Å²) in [5, 5.41) is 8.54. The minimum atomic E-state index is -0.0585. The maximum Gasteiger partial charge on any atom is 0.182 e. The number of benzene rings is 1. The van der Waals surface area contributed by atoms with Crippen LogP contribution in [-0.2, 0) is 6.42 Å². The zero-order valence-electron chi connectivity index (χ0n) is 20.8. The van der Waals surface area contributed by atoms with E-state index in [0.717, 1.165) is 22.8 Å². The Bertz CT molecular complexity index is 1400. The average Bonchev–Trinajstić information content (AvgIpc) is 3.43. The van der Waals surface area contributed by atoms with E-state index in [1.807, 2.05) is 59.6 Å². The number of hydrogen-bond acceptors (Lipinski definition) is 6. The summed E-state index contributed by atoms with van der Waals surface area (Å²) < 4.78 is 9.62. The molecule has 5 rings (SSSR count). The van der Waals surface area contributed by atoms with Crippen molar-refractivity contribution in [2.75, 3.05) is 7.11 Å². The summed E-state index contributed by atoms with van der Waals surface area (Å²) in [5.41, 5.74) is 4.96. The van der Waals surface area contributed by atoms with Gasteiger partial charge in [-0.05, 0) is 70.4 Å². The van der Waals surface area contributed by atoms with Crippen molar-refractivity contribution in [3.8, 4) is 23.0 Å². The van der Waals surface area contributed by atoms with E-state index in [9.17, 15) is 4.79 Å². The molecule has 180 valence electrons. The van der Waals surface area contributed by atoms with Crippen LogP contribution in [-0.4, -0.2) is 42.2 Å². The SMILES string of the molecule is COc1cc(C)c(-n2cnc(C3CC3)c2)cc1C(=O)Cc1cccc(-c2nnc(C)n2C(C)C)n1. The van der Waals surface area contributed by atoms with E-state index >= 15 is 0 Å². The summed E-state index contributed by atoms with van der Waals surface area (Å²) in [6.45, 7) is 8.12. The summed E-state index contributed by atoms with van der Waals surface area (Å²) in [6, 6.07) is 9.68. The Hall–Kier alpha value is -3.81. The van der Waals surface area contributed by atoms with Gasteiger partial charge in [0, 0.05) is 23.9 Å². The van der Waals surface area contributed by atoms with Crippen LogP contribution in [0.15, 0.2) is 42.9 Å². The first-order valence-corrected chi connectivity index (χ1v) is 12.0. The molecule has 1 aromatic carbocycles. The highest BCUT2D eigenvalue weighted by molar-refractivity contribution is 6.00. The molecule has 0 spiro atoms. The Morgan fingerprint density at radius 2 is 1.97 bits per heavy atom. The van der Waals surface area contributed by atoms with Crippen LogP contribution in [0.5, 0.6) is 5.75 Å². The topological polar surface area (TPSA) is 87.7 Å². The number of Topliss-reactive ketones (excluding diaryl/α,β-unsaturated/α-hetero) is 1. The van der Waals surface area contributed by atoms with Crippen molar-refractivity contribution in [2.45, 2.75) is 58.9 Å². The van der Waals surface area contributed by atoms with Gasteiger partial charge in [0.25, 0.3) is 0 Å². The summed E-state index contributed by atoms with van der Waals surface area (Å²) in [4.78, 5) is 22.8. The fourth-order valence-corrected chi connectivity index (χ4v) is 4.52. The van der Waals surface area contributed by atoms with Crippen LogP contribution in [0.3, 0.4) is 0 Å². The Kier molecular flexibility index (Phi) is 5.96. The Balaban J connectivity index is 1.45. The molecule has 0 amide bonds. The molecule has 0 atom stereocenters. The van der Waals surface area contributed by atoms with Crippen LogP contribution in [0.2, 0.25) is 0 Å². The highest BCUT2D eigenvalue weighted by Crippen LogP contribution is 2.39. The van der Waals surface area contributed by atoms with Crippen molar-refractivity contribution in [3.05, 3.63) is 71.2 Å². The molecular weight excluding hydrogens is 440 g/mol. The van der Waals surface area contributed by atoms with Gasteiger partial charge >= 0.3 is 0 Å². The number of nitrogens with zero attached hydrogens (tertiary/aromatic N) is 6. The van der Waals surface area contributed by atoms with Gasteiger partial charge in [-0.15, -0.1) is 10.2 Å². The molecule has 4 aromatic rings. The highest BCUT2D eigenvalue weighted by Gasteiger charge is 2.26. The third-order valence-corrected chi connectivity index (χ3v) is 6.46. The first-order chi connectivity index (χ1) is 16.9. The largest absolute Gasteiger partial charge is 0.496 e. The molecule has 0 unspecified atom stereocenters. The smallest absolute Gasteiger partial charge is 0.182 e. The van der Waals surface area contributed by atoms with E-state index in [1.165, 1.54) is 12.8 Å². The second-order valence-corrected chi connectivity index (χ2v) is 9.47. The molecule has 3 heterocycles. The number of carbonyl (C=O) groups is 1. The fourth-order valence-electron chi connectivity index (χ4n) is 4.52. The number of hydrogen-bond donors (Lipinski definition) is 0. The van der Waals surface area contributed by atoms with Gasteiger partial charge in [0.2, 0.25) is 0 Å². The second kappa shape index (κ2) is 9.09. The normalized spacial score (nSPS) is 13.4. The molecule has 0 aliphatic heterocycles. The molecule has 35 heavy (non-hydrogen) atoms. The molecule has 0 N–H and O–H groups in total. The molecular formula is C27H30N6O2. The van der Waals surface area contributed by atoms with Gasteiger partial charge in [-0.2, -0.15) is 0 Å². The van der Waals surface area contributed by atoms with Gasteiger partial charge in [-0.1, -0.05) is 6.07 Å². The van der Waals surface area contributed by atoms with E-state index < -0.39 is 0 Å². The first-order valence-electron chi connectivity index (χ1n) is 12.0. The van der Waals surface area contributed by atoms with Gasteiger partial charge < -0.3 is 13.9 Å². The molecule has 1 saturated carbocycles. The van der Waals surface area contributed by atoms with Crippen molar-refractivity contribution in [1.82, 2.24) is 29.3 Å². The van der Waals surface area contributed by atoms with E-state index in [4.69, 9.17) is 9.72 Å². The molecule has 0 radical (unpaired) electrons. The molecule has 1 aliphatic carbocycles. The van der Waals surface area contributed by atoms with Crippen LogP contribution in [0.25, 0.3) is 17.2 Å². The van der Waals surface area contributed by atoms with Crippen LogP contribution >= 0.6 is 0 Å². The lowest BCUT2D eigenvalue weighted by atomic mass is 10.0. The van der Waals surface area contributed by atoms with E-state index in [1.54, 1.807) is 7.11 Å². The first kappa shape index (κ1) is 23.0. The lowest BCUT2D eigenvalue weighted by Gasteiger charge is -2.14. The van der Waals surface area contributed by atoms with Crippen molar-refractivity contribution in [2.24, 2.45) is 0 Å². The number of ether oxygens (including phenoxy) is 1. The predicted molar refractivity (Wildman–Crippen MR) is 133 cm³/mol. The Morgan fingerprint density at radius 3 is 2.69 bits per heavy atom. The van der Waals surface area contributed by atoms with Crippen LogP contribution < -0.4 is 4.74 Å². The van der Waals surface area contributed by atoms with Crippen molar-refractivity contribution < 1.29 is 9.53 Å². The summed E-state index contributed by atoms with van der Waals surface area (Å²) in [5.74, 6) is 2.61. The molecule has 1 fully saturated rings. The predicted octanol–water partition coefficient (Wildman–Crippen LogP) is 5.03. The molecule has 3 aromatic heterocycles. The third kappa shape index (κ3) is 4.48. The lowest BCUT2D eigenvalue weighted by Crippen LogP contribution is -2.10. The number of carbonyl (C=O) groups excluding carboxylic acids is 1. The number of aryl methyl sites for hydroxylation is 2. The van der Waals surface area contributed by atoms with Crippen LogP contribution in [0.4, 0.5) is 0 Å². The number of methoxy groups -OCH3 is 1.